The molecule has 1 nitrogen and oxygen atoms in total. The molecule has 16 heavy (non-hydrogen) atoms. The highest BCUT2D eigenvalue weighted by Crippen LogP contribution is 2.25. The van der Waals surface area contributed by atoms with Gasteiger partial charge in [-0.15, -0.1) is 0 Å². The highest BCUT2D eigenvalue weighted by atomic mass is 19.1. The molecule has 0 saturated carbocycles. The zero-order chi connectivity index (χ0) is 11.5. The average Bonchev–Trinajstić information content (AvgIpc) is 2.29. The second-order valence-electron chi connectivity index (χ2n) is 3.45. The van der Waals surface area contributed by atoms with E-state index in [2.05, 4.69) is 0 Å². The fourth-order valence-electron chi connectivity index (χ4n) is 1.58. The monoisotopic (exact) mass is 220 g/mol. The lowest BCUT2D eigenvalue weighted by Gasteiger charge is -2.06. The van der Waals surface area contributed by atoms with Crippen molar-refractivity contribution in [1.82, 2.24) is 0 Å². The van der Waals surface area contributed by atoms with Crippen molar-refractivity contribution >= 4 is 0 Å². The maximum atomic E-state index is 13.8. The molecule has 0 unspecified atom stereocenters. The molecule has 0 aliphatic rings. The fraction of sp³-hybridized carbons (Fsp3) is 0.0769. The van der Waals surface area contributed by atoms with Gasteiger partial charge >= 0.3 is 0 Å². The molecule has 1 N–H and O–H groups in total. The molecule has 2 aromatic rings. The maximum Gasteiger partial charge on any atom is 0.136 e. The van der Waals surface area contributed by atoms with Crippen LogP contribution in [0.2, 0.25) is 0 Å². The molecular weight excluding hydrogens is 210 g/mol. The molecule has 0 amide bonds. The molecule has 0 atom stereocenters. The molecule has 0 saturated heterocycles. The summed E-state index contributed by atoms with van der Waals surface area (Å²) in [6.45, 7) is -0.366. The number of aliphatic hydroxyl groups is 1. The van der Waals surface area contributed by atoms with Crippen LogP contribution in [0.25, 0.3) is 11.1 Å². The molecular formula is C13H10F2O. The van der Waals surface area contributed by atoms with E-state index in [-0.39, 0.29) is 12.2 Å². The maximum absolute atomic E-state index is 13.8. The first-order valence-corrected chi connectivity index (χ1v) is 4.86. The van der Waals surface area contributed by atoms with E-state index in [1.54, 1.807) is 18.2 Å². The zero-order valence-electron chi connectivity index (χ0n) is 8.45. The highest BCUT2D eigenvalue weighted by molar-refractivity contribution is 5.65. The Morgan fingerprint density at radius 1 is 1.00 bits per heavy atom. The summed E-state index contributed by atoms with van der Waals surface area (Å²) in [4.78, 5) is 0. The number of rotatable bonds is 2. The van der Waals surface area contributed by atoms with E-state index in [1.807, 2.05) is 0 Å². The number of hydrogen-bond donors (Lipinski definition) is 1. The first kappa shape index (κ1) is 10.8. The molecule has 0 bridgehead atoms. The van der Waals surface area contributed by atoms with Crippen molar-refractivity contribution < 1.29 is 13.9 Å². The van der Waals surface area contributed by atoms with Gasteiger partial charge in [-0.05, 0) is 17.7 Å². The van der Waals surface area contributed by atoms with Gasteiger partial charge in [-0.2, -0.15) is 0 Å². The Morgan fingerprint density at radius 2 is 1.75 bits per heavy atom. The van der Waals surface area contributed by atoms with Crippen molar-refractivity contribution in [2.24, 2.45) is 0 Å². The third-order valence-corrected chi connectivity index (χ3v) is 2.38. The number of hydrogen-bond acceptors (Lipinski definition) is 1. The summed E-state index contributed by atoms with van der Waals surface area (Å²) >= 11 is 0. The van der Waals surface area contributed by atoms with Gasteiger partial charge < -0.3 is 5.11 Å². The predicted molar refractivity (Wildman–Crippen MR) is 57.7 cm³/mol. The summed E-state index contributed by atoms with van der Waals surface area (Å²) in [6.07, 6.45) is 0. The lowest BCUT2D eigenvalue weighted by atomic mass is 10.0. The molecule has 0 heterocycles. The topological polar surface area (TPSA) is 20.2 Å². The van der Waals surface area contributed by atoms with Gasteiger partial charge in [0.25, 0.3) is 0 Å². The summed E-state index contributed by atoms with van der Waals surface area (Å²) in [6, 6.07) is 10.4. The lowest BCUT2D eigenvalue weighted by molar-refractivity contribution is 0.276. The SMILES string of the molecule is OCc1cccc(-c2cccc(F)c2)c1F. The van der Waals surface area contributed by atoms with Crippen LogP contribution in [0.1, 0.15) is 5.56 Å². The third-order valence-electron chi connectivity index (χ3n) is 2.38. The largest absolute Gasteiger partial charge is 0.392 e. The normalized spacial score (nSPS) is 10.4. The molecule has 0 radical (unpaired) electrons. The van der Waals surface area contributed by atoms with Gasteiger partial charge in [0.05, 0.1) is 6.61 Å². The van der Waals surface area contributed by atoms with Crippen molar-refractivity contribution in [3.8, 4) is 11.1 Å². The quantitative estimate of drug-likeness (QED) is 0.824. The van der Waals surface area contributed by atoms with Gasteiger partial charge in [0.15, 0.2) is 0 Å². The average molecular weight is 220 g/mol. The molecule has 82 valence electrons. The summed E-state index contributed by atoms with van der Waals surface area (Å²) in [5, 5.41) is 8.93. The number of benzene rings is 2. The van der Waals surface area contributed by atoms with Crippen molar-refractivity contribution in [2.45, 2.75) is 6.61 Å². The van der Waals surface area contributed by atoms with E-state index >= 15 is 0 Å². The Labute approximate surface area is 92.0 Å². The first-order valence-electron chi connectivity index (χ1n) is 4.86. The lowest BCUT2D eigenvalue weighted by Crippen LogP contribution is -1.93. The molecule has 2 aromatic carbocycles. The van der Waals surface area contributed by atoms with Crippen LogP contribution < -0.4 is 0 Å². The van der Waals surface area contributed by atoms with Gasteiger partial charge in [0.2, 0.25) is 0 Å². The van der Waals surface area contributed by atoms with Gasteiger partial charge in [0, 0.05) is 11.1 Å². The summed E-state index contributed by atoms with van der Waals surface area (Å²) in [5.74, 6) is -0.915. The van der Waals surface area contributed by atoms with Crippen molar-refractivity contribution in [1.29, 1.82) is 0 Å². The predicted octanol–water partition coefficient (Wildman–Crippen LogP) is 3.12. The van der Waals surface area contributed by atoms with Crippen molar-refractivity contribution in [3.05, 3.63) is 59.7 Å². The van der Waals surface area contributed by atoms with E-state index in [1.165, 1.54) is 24.3 Å². The van der Waals surface area contributed by atoms with E-state index in [9.17, 15) is 8.78 Å². The Kier molecular flexibility index (Phi) is 2.97. The van der Waals surface area contributed by atoms with E-state index in [4.69, 9.17) is 5.11 Å². The molecule has 2 rings (SSSR count). The van der Waals surface area contributed by atoms with Gasteiger partial charge in [-0.25, -0.2) is 8.78 Å². The third kappa shape index (κ3) is 1.95. The van der Waals surface area contributed by atoms with Crippen LogP contribution in [0.15, 0.2) is 42.5 Å². The minimum absolute atomic E-state index is 0.210. The second kappa shape index (κ2) is 4.41. The standard InChI is InChI=1S/C13H10F2O/c14-11-5-1-3-9(7-11)12-6-2-4-10(8-16)13(12)15/h1-7,16H,8H2. The van der Waals surface area contributed by atoms with Crippen LogP contribution in [0, 0.1) is 11.6 Å². The minimum atomic E-state index is -0.504. The number of aliphatic hydroxyl groups excluding tert-OH is 1. The molecule has 0 aliphatic heterocycles. The summed E-state index contributed by atoms with van der Waals surface area (Å²) in [5.41, 5.74) is 0.973. The Hall–Kier alpha value is -1.74. The van der Waals surface area contributed by atoms with Gasteiger partial charge in [0.1, 0.15) is 11.6 Å². The molecule has 0 spiro atoms. The van der Waals surface area contributed by atoms with Crippen LogP contribution in [0.5, 0.6) is 0 Å². The fourth-order valence-corrected chi connectivity index (χ4v) is 1.58. The van der Waals surface area contributed by atoms with E-state index in [0.717, 1.165) is 0 Å². The Bertz CT molecular complexity index is 509. The molecule has 0 aromatic heterocycles. The van der Waals surface area contributed by atoms with Crippen molar-refractivity contribution in [3.63, 3.8) is 0 Å². The van der Waals surface area contributed by atoms with Gasteiger partial charge in [-0.3, -0.25) is 0 Å². The van der Waals surface area contributed by atoms with Crippen LogP contribution in [0.3, 0.4) is 0 Å². The van der Waals surface area contributed by atoms with Crippen LogP contribution >= 0.6 is 0 Å². The minimum Gasteiger partial charge on any atom is -0.392 e. The first-order chi connectivity index (χ1) is 7.72. The zero-order valence-corrected chi connectivity index (χ0v) is 8.45. The van der Waals surface area contributed by atoms with E-state index in [0.29, 0.717) is 11.1 Å². The molecule has 0 aliphatic carbocycles. The van der Waals surface area contributed by atoms with Crippen LogP contribution in [-0.4, -0.2) is 5.11 Å². The summed E-state index contributed by atoms with van der Waals surface area (Å²) < 4.78 is 26.8. The summed E-state index contributed by atoms with van der Waals surface area (Å²) in [7, 11) is 0. The smallest absolute Gasteiger partial charge is 0.136 e. The second-order valence-corrected chi connectivity index (χ2v) is 3.45. The Morgan fingerprint density at radius 3 is 2.44 bits per heavy atom. The van der Waals surface area contributed by atoms with Crippen molar-refractivity contribution in [2.75, 3.05) is 0 Å². The van der Waals surface area contributed by atoms with Crippen LogP contribution in [0.4, 0.5) is 8.78 Å². The van der Waals surface area contributed by atoms with E-state index < -0.39 is 11.6 Å². The molecule has 0 fully saturated rings. The highest BCUT2D eigenvalue weighted by Gasteiger charge is 2.09. The molecule has 3 heteroatoms. The number of halogens is 2. The van der Waals surface area contributed by atoms with Gasteiger partial charge in [-0.1, -0.05) is 30.3 Å². The Balaban J connectivity index is 2.56. The van der Waals surface area contributed by atoms with Crippen LogP contribution in [-0.2, 0) is 6.61 Å².